The van der Waals surface area contributed by atoms with Crippen LogP contribution in [-0.2, 0) is 13.1 Å². The van der Waals surface area contributed by atoms with Gasteiger partial charge >= 0.3 is 0 Å². The smallest absolute Gasteiger partial charge is 0.294 e. The second-order valence-corrected chi connectivity index (χ2v) is 6.60. The van der Waals surface area contributed by atoms with Crippen molar-refractivity contribution in [3.05, 3.63) is 16.7 Å². The average molecular weight is 338 g/mol. The highest BCUT2D eigenvalue weighted by Crippen LogP contribution is 2.18. The van der Waals surface area contributed by atoms with Crippen LogP contribution < -0.4 is 10.1 Å². The van der Waals surface area contributed by atoms with Crippen molar-refractivity contribution in [2.75, 3.05) is 19.7 Å². The summed E-state index contributed by atoms with van der Waals surface area (Å²) >= 11 is 1.50. The molecule has 1 unspecified atom stereocenters. The second-order valence-electron chi connectivity index (χ2n) is 5.58. The fraction of sp³-hybridized carbons (Fsp3) is 0.714. The number of nitrogens with one attached hydrogen (secondary N) is 1. The minimum atomic E-state index is 0.441. The van der Waals surface area contributed by atoms with Crippen molar-refractivity contribution in [3.8, 4) is 5.19 Å². The first-order valence-electron chi connectivity index (χ1n) is 7.93. The highest BCUT2D eigenvalue weighted by molar-refractivity contribution is 7.13. The number of nitrogens with zero attached hydrogens (tertiary/aromatic N) is 5. The van der Waals surface area contributed by atoms with Crippen LogP contribution in [0.15, 0.2) is 4.52 Å². The van der Waals surface area contributed by atoms with E-state index in [1.54, 1.807) is 0 Å². The van der Waals surface area contributed by atoms with Crippen molar-refractivity contribution in [3.63, 3.8) is 0 Å². The molecule has 2 aromatic rings. The topological polar surface area (TPSA) is 89.2 Å². The quantitative estimate of drug-likeness (QED) is 0.810. The van der Waals surface area contributed by atoms with Crippen molar-refractivity contribution in [1.29, 1.82) is 0 Å². The molecule has 1 N–H and O–H groups in total. The molecule has 0 aromatic carbocycles. The molecule has 0 spiro atoms. The van der Waals surface area contributed by atoms with Gasteiger partial charge in [-0.25, -0.2) is 0 Å². The number of aromatic nitrogens is 4. The number of ether oxygens (including phenoxy) is 1. The van der Waals surface area contributed by atoms with E-state index >= 15 is 0 Å². The van der Waals surface area contributed by atoms with Crippen LogP contribution in [0.25, 0.3) is 0 Å². The first-order valence-corrected chi connectivity index (χ1v) is 8.74. The maximum Gasteiger partial charge on any atom is 0.294 e. The number of hydrogen-bond donors (Lipinski definition) is 1. The van der Waals surface area contributed by atoms with Crippen molar-refractivity contribution in [2.45, 2.75) is 45.8 Å². The molecule has 2 aromatic heterocycles. The van der Waals surface area contributed by atoms with E-state index in [9.17, 15) is 0 Å². The molecule has 3 heterocycles. The first-order chi connectivity index (χ1) is 11.2. The fourth-order valence-electron chi connectivity index (χ4n) is 2.69. The lowest BCUT2D eigenvalue weighted by atomic mass is 10.1. The van der Waals surface area contributed by atoms with Crippen LogP contribution in [-0.4, -0.2) is 51.0 Å². The molecule has 23 heavy (non-hydrogen) atoms. The van der Waals surface area contributed by atoms with Crippen molar-refractivity contribution >= 4 is 11.3 Å². The van der Waals surface area contributed by atoms with Crippen LogP contribution in [0.1, 0.15) is 36.5 Å². The third-order valence-electron chi connectivity index (χ3n) is 3.70. The van der Waals surface area contributed by atoms with Gasteiger partial charge < -0.3 is 14.6 Å². The summed E-state index contributed by atoms with van der Waals surface area (Å²) in [6.07, 6.45) is 2.33. The molecule has 0 bridgehead atoms. The van der Waals surface area contributed by atoms with E-state index in [4.69, 9.17) is 9.26 Å². The summed E-state index contributed by atoms with van der Waals surface area (Å²) in [5, 5.41) is 17.3. The molecule has 0 saturated carbocycles. The third-order valence-corrected chi connectivity index (χ3v) is 4.53. The van der Waals surface area contributed by atoms with Crippen LogP contribution in [0.5, 0.6) is 5.19 Å². The number of likely N-dealkylation sites (tertiary alicyclic amines) is 1. The molecular weight excluding hydrogens is 316 g/mol. The Morgan fingerprint density at radius 2 is 2.35 bits per heavy atom. The zero-order chi connectivity index (χ0) is 16.1. The maximum absolute atomic E-state index is 5.35. The molecule has 3 rings (SSSR count). The van der Waals surface area contributed by atoms with Gasteiger partial charge in [0.25, 0.3) is 5.19 Å². The Morgan fingerprint density at radius 3 is 3.13 bits per heavy atom. The van der Waals surface area contributed by atoms with Crippen LogP contribution >= 0.6 is 11.3 Å². The van der Waals surface area contributed by atoms with Gasteiger partial charge in [-0.2, -0.15) is 4.98 Å². The maximum atomic E-state index is 5.35. The lowest BCUT2D eigenvalue weighted by Crippen LogP contribution is -2.45. The molecule has 0 radical (unpaired) electrons. The Morgan fingerprint density at radius 1 is 1.43 bits per heavy atom. The van der Waals surface area contributed by atoms with E-state index in [2.05, 4.69) is 30.6 Å². The molecule has 1 atom stereocenters. The molecule has 1 fully saturated rings. The monoisotopic (exact) mass is 338 g/mol. The van der Waals surface area contributed by atoms with E-state index in [1.165, 1.54) is 17.8 Å². The van der Waals surface area contributed by atoms with Gasteiger partial charge in [0.1, 0.15) is 5.01 Å². The van der Waals surface area contributed by atoms with Gasteiger partial charge in [0.05, 0.1) is 19.7 Å². The van der Waals surface area contributed by atoms with Gasteiger partial charge in [-0.05, 0) is 26.3 Å². The number of piperidine rings is 1. The standard InChI is InChI=1S/C14H22N6O2S/c1-3-21-14-18-17-13(23-14)7-15-11-5-4-6-20(8-11)9-12-16-10(2)22-19-12/h11,15H,3-9H2,1-2H3. The van der Waals surface area contributed by atoms with Gasteiger partial charge in [0.2, 0.25) is 5.89 Å². The highest BCUT2D eigenvalue weighted by atomic mass is 32.1. The van der Waals surface area contributed by atoms with E-state index in [0.29, 0.717) is 23.7 Å². The van der Waals surface area contributed by atoms with Gasteiger partial charge in [-0.3, -0.25) is 4.90 Å². The van der Waals surface area contributed by atoms with Gasteiger partial charge in [-0.15, -0.1) is 10.2 Å². The van der Waals surface area contributed by atoms with Crippen LogP contribution in [0.3, 0.4) is 0 Å². The summed E-state index contributed by atoms with van der Waals surface area (Å²) in [5.74, 6) is 1.38. The van der Waals surface area contributed by atoms with Crippen LogP contribution in [0.4, 0.5) is 0 Å². The lowest BCUT2D eigenvalue weighted by molar-refractivity contribution is 0.177. The minimum absolute atomic E-state index is 0.441. The molecule has 8 nitrogen and oxygen atoms in total. The zero-order valence-electron chi connectivity index (χ0n) is 13.5. The highest BCUT2D eigenvalue weighted by Gasteiger charge is 2.21. The van der Waals surface area contributed by atoms with Crippen LogP contribution in [0, 0.1) is 6.92 Å². The predicted octanol–water partition coefficient (Wildman–Crippen LogP) is 1.38. The molecule has 126 valence electrons. The average Bonchev–Trinajstić information content (AvgIpc) is 3.15. The van der Waals surface area contributed by atoms with Gasteiger partial charge in [0.15, 0.2) is 5.82 Å². The molecule has 1 saturated heterocycles. The Bertz CT molecular complexity index is 616. The number of aryl methyl sites for hydroxylation is 1. The summed E-state index contributed by atoms with van der Waals surface area (Å²) in [6, 6.07) is 0.441. The molecule has 1 aliphatic rings. The number of hydrogen-bond acceptors (Lipinski definition) is 9. The number of rotatable bonds is 7. The summed E-state index contributed by atoms with van der Waals surface area (Å²) in [7, 11) is 0. The Balaban J connectivity index is 1.46. The van der Waals surface area contributed by atoms with Crippen molar-refractivity contribution in [1.82, 2.24) is 30.6 Å². The first kappa shape index (κ1) is 16.3. The zero-order valence-corrected chi connectivity index (χ0v) is 14.3. The second kappa shape index (κ2) is 7.80. The molecule has 9 heteroatoms. The summed E-state index contributed by atoms with van der Waals surface area (Å²) in [4.78, 5) is 6.63. The Kier molecular flexibility index (Phi) is 5.52. The predicted molar refractivity (Wildman–Crippen MR) is 85.3 cm³/mol. The van der Waals surface area contributed by atoms with E-state index in [1.807, 2.05) is 13.8 Å². The third kappa shape index (κ3) is 4.69. The van der Waals surface area contributed by atoms with Gasteiger partial charge in [0, 0.05) is 19.5 Å². The Labute approximate surface area is 139 Å². The Hall–Kier alpha value is -1.58. The molecule has 1 aliphatic heterocycles. The minimum Gasteiger partial charge on any atom is -0.469 e. The summed E-state index contributed by atoms with van der Waals surface area (Å²) in [5.41, 5.74) is 0. The van der Waals surface area contributed by atoms with E-state index in [-0.39, 0.29) is 0 Å². The van der Waals surface area contributed by atoms with E-state index in [0.717, 1.165) is 43.4 Å². The fourth-order valence-corrected chi connectivity index (χ4v) is 3.39. The summed E-state index contributed by atoms with van der Waals surface area (Å²) < 4.78 is 10.4. The molecule has 0 aliphatic carbocycles. The largest absolute Gasteiger partial charge is 0.469 e. The molecule has 0 amide bonds. The normalized spacial score (nSPS) is 19.1. The van der Waals surface area contributed by atoms with Crippen LogP contribution in [0.2, 0.25) is 0 Å². The molecular formula is C14H22N6O2S. The van der Waals surface area contributed by atoms with Crippen molar-refractivity contribution in [2.24, 2.45) is 0 Å². The SMILES string of the molecule is CCOc1nnc(CNC2CCCN(Cc3noc(C)n3)C2)s1. The van der Waals surface area contributed by atoms with Gasteiger partial charge in [-0.1, -0.05) is 16.5 Å². The lowest BCUT2D eigenvalue weighted by Gasteiger charge is -2.32. The summed E-state index contributed by atoms with van der Waals surface area (Å²) in [6.45, 7) is 7.89. The van der Waals surface area contributed by atoms with Crippen molar-refractivity contribution < 1.29 is 9.26 Å². The van der Waals surface area contributed by atoms with E-state index < -0.39 is 0 Å².